The van der Waals surface area contributed by atoms with Crippen LogP contribution < -0.4 is 0 Å². The summed E-state index contributed by atoms with van der Waals surface area (Å²) >= 11 is 0. The number of rotatable bonds is 7. The SMILES string of the molecule is C=CCN(CCO)C(=O)COCC. The Kier molecular flexibility index (Phi) is 7.24. The molecule has 0 saturated carbocycles. The molecule has 0 atom stereocenters. The van der Waals surface area contributed by atoms with Crippen LogP contribution >= 0.6 is 0 Å². The van der Waals surface area contributed by atoms with Crippen molar-refractivity contribution < 1.29 is 14.6 Å². The van der Waals surface area contributed by atoms with Crippen molar-refractivity contribution in [3.63, 3.8) is 0 Å². The lowest BCUT2D eigenvalue weighted by Gasteiger charge is -2.19. The van der Waals surface area contributed by atoms with E-state index in [4.69, 9.17) is 9.84 Å². The van der Waals surface area contributed by atoms with E-state index in [1.807, 2.05) is 6.92 Å². The minimum atomic E-state index is -0.115. The number of carbonyl (C=O) groups excluding carboxylic acids is 1. The summed E-state index contributed by atoms with van der Waals surface area (Å²) in [5.41, 5.74) is 0. The Labute approximate surface area is 78.8 Å². The third kappa shape index (κ3) is 5.38. The highest BCUT2D eigenvalue weighted by molar-refractivity contribution is 5.77. The highest BCUT2D eigenvalue weighted by atomic mass is 16.5. The smallest absolute Gasteiger partial charge is 0.248 e. The van der Waals surface area contributed by atoms with Crippen LogP contribution in [0.15, 0.2) is 12.7 Å². The zero-order valence-corrected chi connectivity index (χ0v) is 8.03. The van der Waals surface area contributed by atoms with Gasteiger partial charge in [0.2, 0.25) is 5.91 Å². The molecule has 0 aromatic carbocycles. The maximum Gasteiger partial charge on any atom is 0.248 e. The summed E-state index contributed by atoms with van der Waals surface area (Å²) in [7, 11) is 0. The fourth-order valence-electron chi connectivity index (χ4n) is 0.875. The summed E-state index contributed by atoms with van der Waals surface area (Å²) in [4.78, 5) is 12.8. The molecule has 0 aliphatic carbocycles. The maximum atomic E-state index is 11.3. The zero-order valence-electron chi connectivity index (χ0n) is 8.03. The van der Waals surface area contributed by atoms with Crippen LogP contribution in [0.1, 0.15) is 6.92 Å². The quantitative estimate of drug-likeness (QED) is 0.572. The predicted molar refractivity (Wildman–Crippen MR) is 50.4 cm³/mol. The molecule has 1 amide bonds. The molecular weight excluding hydrogens is 170 g/mol. The molecule has 13 heavy (non-hydrogen) atoms. The van der Waals surface area contributed by atoms with Crippen molar-refractivity contribution in [1.82, 2.24) is 4.90 Å². The molecule has 4 nitrogen and oxygen atoms in total. The van der Waals surface area contributed by atoms with Gasteiger partial charge in [-0.2, -0.15) is 0 Å². The Balaban J connectivity index is 3.87. The molecule has 0 heterocycles. The van der Waals surface area contributed by atoms with Gasteiger partial charge >= 0.3 is 0 Å². The molecule has 0 aromatic rings. The van der Waals surface area contributed by atoms with Crippen LogP contribution in [0.3, 0.4) is 0 Å². The van der Waals surface area contributed by atoms with Crippen molar-refractivity contribution in [2.24, 2.45) is 0 Å². The maximum absolute atomic E-state index is 11.3. The van der Waals surface area contributed by atoms with E-state index in [1.54, 1.807) is 6.08 Å². The number of carbonyl (C=O) groups is 1. The van der Waals surface area contributed by atoms with E-state index in [1.165, 1.54) is 4.90 Å². The summed E-state index contributed by atoms with van der Waals surface area (Å²) in [5.74, 6) is -0.115. The van der Waals surface area contributed by atoms with Crippen LogP contribution in [-0.4, -0.2) is 48.8 Å². The number of aliphatic hydroxyl groups is 1. The van der Waals surface area contributed by atoms with E-state index in [0.717, 1.165) is 0 Å². The Morgan fingerprint density at radius 1 is 1.69 bits per heavy atom. The molecule has 0 radical (unpaired) electrons. The second-order valence-corrected chi connectivity index (χ2v) is 2.49. The largest absolute Gasteiger partial charge is 0.395 e. The average Bonchev–Trinajstić information content (AvgIpc) is 2.14. The number of ether oxygens (including phenoxy) is 1. The number of hydrogen-bond acceptors (Lipinski definition) is 3. The molecule has 76 valence electrons. The Bertz CT molecular complexity index is 159. The molecule has 0 fully saturated rings. The number of amides is 1. The topological polar surface area (TPSA) is 49.8 Å². The van der Waals surface area contributed by atoms with E-state index in [0.29, 0.717) is 19.7 Å². The lowest BCUT2D eigenvalue weighted by atomic mass is 10.4. The predicted octanol–water partition coefficient (Wildman–Crippen LogP) is 0.0298. The van der Waals surface area contributed by atoms with Gasteiger partial charge in [-0.05, 0) is 6.92 Å². The van der Waals surface area contributed by atoms with E-state index in [9.17, 15) is 4.79 Å². The fourth-order valence-corrected chi connectivity index (χ4v) is 0.875. The highest BCUT2D eigenvalue weighted by Crippen LogP contribution is 1.91. The molecule has 0 aliphatic rings. The van der Waals surface area contributed by atoms with E-state index in [2.05, 4.69) is 6.58 Å². The molecule has 0 unspecified atom stereocenters. The summed E-state index contributed by atoms with van der Waals surface area (Å²) in [6, 6.07) is 0. The van der Waals surface area contributed by atoms with E-state index in [-0.39, 0.29) is 19.1 Å². The highest BCUT2D eigenvalue weighted by Gasteiger charge is 2.10. The van der Waals surface area contributed by atoms with Gasteiger partial charge < -0.3 is 14.7 Å². The van der Waals surface area contributed by atoms with Crippen molar-refractivity contribution in [1.29, 1.82) is 0 Å². The van der Waals surface area contributed by atoms with Crippen LogP contribution in [0.2, 0.25) is 0 Å². The third-order valence-corrected chi connectivity index (χ3v) is 1.50. The Hall–Kier alpha value is -0.870. The Morgan fingerprint density at radius 3 is 2.85 bits per heavy atom. The summed E-state index contributed by atoms with van der Waals surface area (Å²) in [5, 5.41) is 8.67. The van der Waals surface area contributed by atoms with Gasteiger partial charge in [-0.15, -0.1) is 6.58 Å². The van der Waals surface area contributed by atoms with Crippen LogP contribution in [-0.2, 0) is 9.53 Å². The molecule has 0 bridgehead atoms. The molecular formula is C9H17NO3. The van der Waals surface area contributed by atoms with Crippen LogP contribution in [0.4, 0.5) is 0 Å². The lowest BCUT2D eigenvalue weighted by molar-refractivity contribution is -0.135. The molecule has 1 N–H and O–H groups in total. The lowest BCUT2D eigenvalue weighted by Crippen LogP contribution is -2.36. The van der Waals surface area contributed by atoms with Crippen molar-refractivity contribution in [3.05, 3.63) is 12.7 Å². The van der Waals surface area contributed by atoms with Gasteiger partial charge in [0.05, 0.1) is 6.61 Å². The van der Waals surface area contributed by atoms with Crippen LogP contribution in [0.5, 0.6) is 0 Å². The molecule has 0 spiro atoms. The molecule has 0 aliphatic heterocycles. The van der Waals surface area contributed by atoms with Gasteiger partial charge in [0.1, 0.15) is 6.61 Å². The molecule has 0 saturated heterocycles. The second-order valence-electron chi connectivity index (χ2n) is 2.49. The summed E-state index contributed by atoms with van der Waals surface area (Å²) in [6.45, 7) is 6.70. The van der Waals surface area contributed by atoms with E-state index < -0.39 is 0 Å². The molecule has 4 heteroatoms. The third-order valence-electron chi connectivity index (χ3n) is 1.50. The van der Waals surface area contributed by atoms with Gasteiger partial charge in [0.25, 0.3) is 0 Å². The zero-order chi connectivity index (χ0) is 10.1. The molecule has 0 rings (SSSR count). The summed E-state index contributed by atoms with van der Waals surface area (Å²) in [6.07, 6.45) is 1.62. The first-order chi connectivity index (χ1) is 6.26. The number of aliphatic hydroxyl groups excluding tert-OH is 1. The van der Waals surface area contributed by atoms with Crippen LogP contribution in [0.25, 0.3) is 0 Å². The first kappa shape index (κ1) is 12.1. The van der Waals surface area contributed by atoms with Crippen LogP contribution in [0, 0.1) is 0 Å². The van der Waals surface area contributed by atoms with Gasteiger partial charge in [-0.25, -0.2) is 0 Å². The monoisotopic (exact) mass is 187 g/mol. The number of hydrogen-bond donors (Lipinski definition) is 1. The van der Waals surface area contributed by atoms with Crippen molar-refractivity contribution >= 4 is 5.91 Å². The normalized spacial score (nSPS) is 9.69. The standard InChI is InChI=1S/C9H17NO3/c1-3-5-10(6-7-11)9(12)8-13-4-2/h3,11H,1,4-8H2,2H3. The molecule has 0 aromatic heterocycles. The van der Waals surface area contributed by atoms with Crippen molar-refractivity contribution in [2.75, 3.05) is 32.9 Å². The van der Waals surface area contributed by atoms with Crippen molar-refractivity contribution in [3.8, 4) is 0 Å². The van der Waals surface area contributed by atoms with Crippen molar-refractivity contribution in [2.45, 2.75) is 6.92 Å². The van der Waals surface area contributed by atoms with Gasteiger partial charge in [-0.1, -0.05) is 6.08 Å². The number of nitrogens with zero attached hydrogens (tertiary/aromatic N) is 1. The Morgan fingerprint density at radius 2 is 2.38 bits per heavy atom. The van der Waals surface area contributed by atoms with Gasteiger partial charge in [-0.3, -0.25) is 4.79 Å². The van der Waals surface area contributed by atoms with Gasteiger partial charge in [0, 0.05) is 19.7 Å². The summed E-state index contributed by atoms with van der Waals surface area (Å²) < 4.78 is 4.96. The van der Waals surface area contributed by atoms with E-state index >= 15 is 0 Å². The van der Waals surface area contributed by atoms with Gasteiger partial charge in [0.15, 0.2) is 0 Å². The minimum Gasteiger partial charge on any atom is -0.395 e. The first-order valence-corrected chi connectivity index (χ1v) is 4.33. The second kappa shape index (κ2) is 7.76. The minimum absolute atomic E-state index is 0.0360. The fraction of sp³-hybridized carbons (Fsp3) is 0.667. The average molecular weight is 187 g/mol. The first-order valence-electron chi connectivity index (χ1n) is 4.33.